The Bertz CT molecular complexity index is 920. The van der Waals surface area contributed by atoms with E-state index in [0.717, 1.165) is 6.42 Å². The average molecular weight is 331 g/mol. The van der Waals surface area contributed by atoms with Gasteiger partial charge in [0.2, 0.25) is 0 Å². The molecule has 4 rings (SSSR count). The second-order valence-corrected chi connectivity index (χ2v) is 5.82. The molecule has 3 heterocycles. The SMILES string of the molecule is O=C(c1nn2cccnc2c1-c1cc(Cl)ccc1F)N1CCC1. The Hall–Kier alpha value is -2.47. The zero-order chi connectivity index (χ0) is 16.0. The van der Waals surface area contributed by atoms with Gasteiger partial charge in [-0.3, -0.25) is 4.79 Å². The molecule has 116 valence electrons. The molecule has 5 nitrogen and oxygen atoms in total. The highest BCUT2D eigenvalue weighted by molar-refractivity contribution is 6.31. The smallest absolute Gasteiger partial charge is 0.275 e. The van der Waals surface area contributed by atoms with E-state index in [0.29, 0.717) is 29.3 Å². The second kappa shape index (κ2) is 5.31. The molecule has 0 unspecified atom stereocenters. The van der Waals surface area contributed by atoms with Crippen LogP contribution in [-0.2, 0) is 0 Å². The van der Waals surface area contributed by atoms with E-state index in [1.54, 1.807) is 23.4 Å². The van der Waals surface area contributed by atoms with Crippen molar-refractivity contribution in [1.82, 2.24) is 19.5 Å². The van der Waals surface area contributed by atoms with Crippen molar-refractivity contribution in [2.24, 2.45) is 0 Å². The second-order valence-electron chi connectivity index (χ2n) is 5.38. The summed E-state index contributed by atoms with van der Waals surface area (Å²) in [7, 11) is 0. The summed E-state index contributed by atoms with van der Waals surface area (Å²) >= 11 is 6.01. The van der Waals surface area contributed by atoms with Crippen LogP contribution >= 0.6 is 11.6 Å². The third-order valence-corrected chi connectivity index (χ3v) is 4.17. The monoisotopic (exact) mass is 330 g/mol. The van der Waals surface area contributed by atoms with Crippen LogP contribution in [0.3, 0.4) is 0 Å². The quantitative estimate of drug-likeness (QED) is 0.725. The maximum atomic E-state index is 14.4. The molecule has 1 aromatic carbocycles. The summed E-state index contributed by atoms with van der Waals surface area (Å²) in [6, 6.07) is 5.95. The first-order valence-corrected chi connectivity index (χ1v) is 7.61. The van der Waals surface area contributed by atoms with E-state index in [2.05, 4.69) is 10.1 Å². The number of carbonyl (C=O) groups is 1. The molecular formula is C16H12ClFN4O. The van der Waals surface area contributed by atoms with Gasteiger partial charge in [-0.25, -0.2) is 13.9 Å². The maximum absolute atomic E-state index is 14.4. The van der Waals surface area contributed by atoms with Crippen LogP contribution in [0.2, 0.25) is 5.02 Å². The number of likely N-dealkylation sites (tertiary alicyclic amines) is 1. The van der Waals surface area contributed by atoms with Gasteiger partial charge in [0.15, 0.2) is 11.3 Å². The summed E-state index contributed by atoms with van der Waals surface area (Å²) < 4.78 is 15.8. The van der Waals surface area contributed by atoms with Gasteiger partial charge in [0, 0.05) is 36.1 Å². The maximum Gasteiger partial charge on any atom is 0.275 e. The van der Waals surface area contributed by atoms with E-state index in [1.165, 1.54) is 22.7 Å². The highest BCUT2D eigenvalue weighted by Crippen LogP contribution is 2.32. The number of hydrogen-bond acceptors (Lipinski definition) is 3. The van der Waals surface area contributed by atoms with Crippen molar-refractivity contribution >= 4 is 23.2 Å². The van der Waals surface area contributed by atoms with Gasteiger partial charge in [-0.05, 0) is 30.7 Å². The molecule has 0 atom stereocenters. The van der Waals surface area contributed by atoms with E-state index in [9.17, 15) is 9.18 Å². The summed E-state index contributed by atoms with van der Waals surface area (Å²) in [5.74, 6) is -0.677. The third-order valence-electron chi connectivity index (χ3n) is 3.94. The van der Waals surface area contributed by atoms with Crippen LogP contribution in [0.4, 0.5) is 4.39 Å². The Morgan fingerprint density at radius 2 is 2.13 bits per heavy atom. The van der Waals surface area contributed by atoms with Gasteiger partial charge >= 0.3 is 0 Å². The first-order valence-electron chi connectivity index (χ1n) is 7.23. The lowest BCUT2D eigenvalue weighted by Gasteiger charge is -2.30. The van der Waals surface area contributed by atoms with Crippen molar-refractivity contribution in [2.45, 2.75) is 6.42 Å². The first kappa shape index (κ1) is 14.1. The van der Waals surface area contributed by atoms with Gasteiger partial charge < -0.3 is 4.90 Å². The highest BCUT2D eigenvalue weighted by Gasteiger charge is 2.29. The number of halogens is 2. The van der Waals surface area contributed by atoms with Gasteiger partial charge in [-0.15, -0.1) is 0 Å². The molecule has 7 heteroatoms. The largest absolute Gasteiger partial charge is 0.337 e. The van der Waals surface area contributed by atoms with Crippen molar-refractivity contribution in [3.8, 4) is 11.1 Å². The van der Waals surface area contributed by atoms with Gasteiger partial charge in [-0.1, -0.05) is 11.6 Å². The molecule has 0 saturated carbocycles. The molecule has 1 amide bonds. The Morgan fingerprint density at radius 1 is 1.30 bits per heavy atom. The van der Waals surface area contributed by atoms with Crippen LogP contribution in [0.25, 0.3) is 16.8 Å². The Labute approximate surface area is 136 Å². The molecular weight excluding hydrogens is 319 g/mol. The van der Waals surface area contributed by atoms with Gasteiger partial charge in [0.25, 0.3) is 5.91 Å². The topological polar surface area (TPSA) is 50.5 Å². The Balaban J connectivity index is 1.99. The van der Waals surface area contributed by atoms with Crippen LogP contribution in [0.1, 0.15) is 16.9 Å². The Morgan fingerprint density at radius 3 is 2.87 bits per heavy atom. The minimum Gasteiger partial charge on any atom is -0.337 e. The average Bonchev–Trinajstić information content (AvgIpc) is 2.87. The minimum atomic E-state index is -0.465. The minimum absolute atomic E-state index is 0.199. The van der Waals surface area contributed by atoms with Gasteiger partial charge in [-0.2, -0.15) is 5.10 Å². The van der Waals surface area contributed by atoms with Crippen LogP contribution in [0, 0.1) is 5.82 Å². The van der Waals surface area contributed by atoms with Crippen molar-refractivity contribution < 1.29 is 9.18 Å². The Kier molecular flexibility index (Phi) is 3.27. The van der Waals surface area contributed by atoms with Crippen LogP contribution in [0.5, 0.6) is 0 Å². The van der Waals surface area contributed by atoms with Crippen molar-refractivity contribution in [3.63, 3.8) is 0 Å². The highest BCUT2D eigenvalue weighted by atomic mass is 35.5. The number of carbonyl (C=O) groups excluding carboxylic acids is 1. The third kappa shape index (κ3) is 2.26. The summed E-state index contributed by atoms with van der Waals surface area (Å²) in [6.07, 6.45) is 4.24. The standard InChI is InChI=1S/C16H12ClFN4O/c17-10-3-4-12(18)11(9-10)13-14(16(23)21-6-2-7-21)20-22-8-1-5-19-15(13)22/h1,3-5,8-9H,2,6-7H2. The molecule has 3 aromatic rings. The number of aromatic nitrogens is 3. The van der Waals surface area contributed by atoms with Crippen LogP contribution in [0.15, 0.2) is 36.7 Å². The molecule has 0 spiro atoms. The number of benzene rings is 1. The predicted molar refractivity (Wildman–Crippen MR) is 83.9 cm³/mol. The lowest BCUT2D eigenvalue weighted by atomic mass is 10.0. The fraction of sp³-hybridized carbons (Fsp3) is 0.188. The number of rotatable bonds is 2. The zero-order valence-corrected chi connectivity index (χ0v) is 12.8. The molecule has 1 aliphatic rings. The number of hydrogen-bond donors (Lipinski definition) is 0. The van der Waals surface area contributed by atoms with E-state index < -0.39 is 5.82 Å². The van der Waals surface area contributed by atoms with Crippen molar-refractivity contribution in [2.75, 3.05) is 13.1 Å². The summed E-state index contributed by atoms with van der Waals surface area (Å²) in [6.45, 7) is 1.38. The fourth-order valence-electron chi connectivity index (χ4n) is 2.64. The van der Waals surface area contributed by atoms with Gasteiger partial charge in [0.1, 0.15) is 5.82 Å². The van der Waals surface area contributed by atoms with Crippen LogP contribution < -0.4 is 0 Å². The molecule has 1 aliphatic heterocycles. The number of fused-ring (bicyclic) bond motifs is 1. The first-order chi connectivity index (χ1) is 11.1. The van der Waals surface area contributed by atoms with Crippen molar-refractivity contribution in [1.29, 1.82) is 0 Å². The molecule has 2 aromatic heterocycles. The van der Waals surface area contributed by atoms with Gasteiger partial charge in [0.05, 0.1) is 5.56 Å². The normalized spacial score (nSPS) is 14.1. The van der Waals surface area contributed by atoms with E-state index >= 15 is 0 Å². The summed E-state index contributed by atoms with van der Waals surface area (Å²) in [5.41, 5.74) is 1.24. The molecule has 0 bridgehead atoms. The lowest BCUT2D eigenvalue weighted by Crippen LogP contribution is -2.42. The fourth-order valence-corrected chi connectivity index (χ4v) is 2.81. The summed E-state index contributed by atoms with van der Waals surface area (Å²) in [4.78, 5) is 18.6. The van der Waals surface area contributed by atoms with Crippen molar-refractivity contribution in [3.05, 3.63) is 53.2 Å². The van der Waals surface area contributed by atoms with Crippen LogP contribution in [-0.4, -0.2) is 38.5 Å². The summed E-state index contributed by atoms with van der Waals surface area (Å²) in [5, 5.41) is 4.70. The number of nitrogens with zero attached hydrogens (tertiary/aromatic N) is 4. The zero-order valence-electron chi connectivity index (χ0n) is 12.0. The van der Waals surface area contributed by atoms with E-state index in [-0.39, 0.29) is 17.2 Å². The molecule has 1 fully saturated rings. The molecule has 0 N–H and O–H groups in total. The number of amides is 1. The predicted octanol–water partition coefficient (Wildman–Crippen LogP) is 3.03. The molecule has 23 heavy (non-hydrogen) atoms. The van der Waals surface area contributed by atoms with E-state index in [1.807, 2.05) is 0 Å². The van der Waals surface area contributed by atoms with E-state index in [4.69, 9.17) is 11.6 Å². The molecule has 0 radical (unpaired) electrons. The lowest BCUT2D eigenvalue weighted by molar-refractivity contribution is 0.0646. The molecule has 0 aliphatic carbocycles. The molecule has 1 saturated heterocycles.